The number of carbonyl (C=O) groups excluding carboxylic acids is 1. The number of hydrogen-bond donors (Lipinski definition) is 0. The van der Waals surface area contributed by atoms with Crippen LogP contribution in [0.1, 0.15) is 11.3 Å². The van der Waals surface area contributed by atoms with Gasteiger partial charge in [-0.25, -0.2) is 0 Å². The van der Waals surface area contributed by atoms with Crippen LogP contribution in [0.15, 0.2) is 71.1 Å². The van der Waals surface area contributed by atoms with Gasteiger partial charge in [0.15, 0.2) is 0 Å². The molecule has 3 aromatic rings. The smallest absolute Gasteiger partial charge is 0.269 e. The maximum Gasteiger partial charge on any atom is 0.269 e. The minimum Gasteiger partial charge on any atom is -0.461 e. The van der Waals surface area contributed by atoms with Gasteiger partial charge in [0.2, 0.25) is 5.91 Å². The molecule has 8 heteroatoms. The van der Waals surface area contributed by atoms with E-state index in [1.165, 1.54) is 29.5 Å². The van der Waals surface area contributed by atoms with Gasteiger partial charge in [-0.15, -0.1) is 0 Å². The molecule has 2 aromatic carbocycles. The van der Waals surface area contributed by atoms with Crippen LogP contribution in [0.25, 0.3) is 11.3 Å². The summed E-state index contributed by atoms with van der Waals surface area (Å²) >= 11 is 6.82. The minimum atomic E-state index is -0.438. The van der Waals surface area contributed by atoms with Crippen molar-refractivity contribution in [2.75, 3.05) is 6.54 Å². The average Bonchev–Trinajstić information content (AvgIpc) is 3.32. The number of nitro groups is 1. The lowest BCUT2D eigenvalue weighted by Crippen LogP contribution is -2.33. The standard InChI is InChI=1S/C22H18N2O4S2/c25-21-20(30-22(29)23(21)13-12-15-4-2-1-3-5-15)14-18-10-11-19(28-18)16-6-8-17(9-7-16)24(26)27/h1-11,20H,12-14H2. The molecule has 0 N–H and O–H groups in total. The highest BCUT2D eigenvalue weighted by Gasteiger charge is 2.37. The summed E-state index contributed by atoms with van der Waals surface area (Å²) in [5.74, 6) is 1.30. The molecule has 1 amide bonds. The van der Waals surface area contributed by atoms with Crippen molar-refractivity contribution in [1.82, 2.24) is 4.90 Å². The van der Waals surface area contributed by atoms with E-state index in [9.17, 15) is 14.9 Å². The van der Waals surface area contributed by atoms with E-state index >= 15 is 0 Å². The molecule has 6 nitrogen and oxygen atoms in total. The predicted molar refractivity (Wildman–Crippen MR) is 120 cm³/mol. The number of benzene rings is 2. The summed E-state index contributed by atoms with van der Waals surface area (Å²) in [5, 5.41) is 10.5. The number of non-ortho nitro benzene ring substituents is 1. The molecule has 1 aliphatic rings. The summed E-state index contributed by atoms with van der Waals surface area (Å²) < 4.78 is 6.48. The highest BCUT2D eigenvalue weighted by Crippen LogP contribution is 2.32. The van der Waals surface area contributed by atoms with E-state index in [0.29, 0.717) is 28.8 Å². The zero-order valence-electron chi connectivity index (χ0n) is 15.9. The van der Waals surface area contributed by atoms with Crippen LogP contribution in [0.2, 0.25) is 0 Å². The van der Waals surface area contributed by atoms with E-state index in [2.05, 4.69) is 0 Å². The van der Waals surface area contributed by atoms with Crippen molar-refractivity contribution in [3.63, 3.8) is 0 Å². The van der Waals surface area contributed by atoms with Gasteiger partial charge in [0, 0.05) is 30.7 Å². The molecule has 1 saturated heterocycles. The summed E-state index contributed by atoms with van der Waals surface area (Å²) in [7, 11) is 0. The van der Waals surface area contributed by atoms with Gasteiger partial charge in [-0.2, -0.15) is 0 Å². The molecule has 1 atom stereocenters. The highest BCUT2D eigenvalue weighted by atomic mass is 32.2. The van der Waals surface area contributed by atoms with Gasteiger partial charge in [-0.05, 0) is 36.2 Å². The van der Waals surface area contributed by atoms with Gasteiger partial charge in [-0.3, -0.25) is 19.8 Å². The maximum atomic E-state index is 12.8. The molecule has 4 rings (SSSR count). The van der Waals surface area contributed by atoms with E-state index in [-0.39, 0.29) is 16.8 Å². The number of thioether (sulfide) groups is 1. The number of hydrogen-bond acceptors (Lipinski definition) is 6. The normalized spacial score (nSPS) is 16.3. The topological polar surface area (TPSA) is 76.6 Å². The monoisotopic (exact) mass is 438 g/mol. The number of rotatable bonds is 7. The summed E-state index contributed by atoms with van der Waals surface area (Å²) in [6.45, 7) is 0.567. The average molecular weight is 439 g/mol. The Kier molecular flexibility index (Phi) is 5.96. The van der Waals surface area contributed by atoms with Gasteiger partial charge in [0.25, 0.3) is 5.69 Å². The van der Waals surface area contributed by atoms with Crippen molar-refractivity contribution in [3.05, 3.63) is 88.2 Å². The maximum absolute atomic E-state index is 12.8. The molecule has 0 spiro atoms. The van der Waals surface area contributed by atoms with Gasteiger partial charge in [0.1, 0.15) is 15.8 Å². The fourth-order valence-electron chi connectivity index (χ4n) is 3.29. The largest absolute Gasteiger partial charge is 0.461 e. The van der Waals surface area contributed by atoms with E-state index < -0.39 is 4.92 Å². The van der Waals surface area contributed by atoms with Crippen LogP contribution < -0.4 is 0 Å². The minimum absolute atomic E-state index is 0.00853. The number of nitro benzene ring substituents is 1. The van der Waals surface area contributed by atoms with Gasteiger partial charge >= 0.3 is 0 Å². The number of amides is 1. The number of furan rings is 1. The van der Waals surface area contributed by atoms with Gasteiger partial charge in [-0.1, -0.05) is 54.3 Å². The van der Waals surface area contributed by atoms with Gasteiger partial charge < -0.3 is 4.42 Å². The van der Waals surface area contributed by atoms with Crippen LogP contribution >= 0.6 is 24.0 Å². The Morgan fingerprint density at radius 2 is 1.80 bits per heavy atom. The van der Waals surface area contributed by atoms with Crippen LogP contribution in [0.3, 0.4) is 0 Å². The molecule has 152 valence electrons. The summed E-state index contributed by atoms with van der Waals surface area (Å²) in [6.07, 6.45) is 1.20. The molecule has 0 bridgehead atoms. The first-order chi connectivity index (χ1) is 14.5. The van der Waals surface area contributed by atoms with Crippen molar-refractivity contribution in [3.8, 4) is 11.3 Å². The SMILES string of the molecule is O=C1C(Cc2ccc(-c3ccc([N+](=O)[O-])cc3)o2)SC(=S)N1CCc1ccccc1. The van der Waals surface area contributed by atoms with Crippen molar-refractivity contribution < 1.29 is 14.1 Å². The van der Waals surface area contributed by atoms with Crippen LogP contribution in [-0.4, -0.2) is 31.8 Å². The molecule has 1 aliphatic heterocycles. The summed E-state index contributed by atoms with van der Waals surface area (Å²) in [4.78, 5) is 24.9. The Morgan fingerprint density at radius 1 is 1.07 bits per heavy atom. The Bertz CT molecular complexity index is 1080. The van der Waals surface area contributed by atoms with Crippen molar-refractivity contribution >= 4 is 39.9 Å². The van der Waals surface area contributed by atoms with Crippen molar-refractivity contribution in [1.29, 1.82) is 0 Å². The molecule has 1 aromatic heterocycles. The molecule has 1 unspecified atom stereocenters. The zero-order valence-corrected chi connectivity index (χ0v) is 17.5. The van der Waals surface area contributed by atoms with Crippen molar-refractivity contribution in [2.24, 2.45) is 0 Å². The fourth-order valence-corrected chi connectivity index (χ4v) is 4.85. The van der Waals surface area contributed by atoms with E-state index in [4.69, 9.17) is 16.6 Å². The number of thiocarbonyl (C=S) groups is 1. The predicted octanol–water partition coefficient (Wildman–Crippen LogP) is 4.87. The molecule has 0 radical (unpaired) electrons. The van der Waals surface area contributed by atoms with Crippen LogP contribution in [0, 0.1) is 10.1 Å². The fraction of sp³-hybridized carbons (Fsp3) is 0.182. The lowest BCUT2D eigenvalue weighted by molar-refractivity contribution is -0.384. The third-order valence-corrected chi connectivity index (χ3v) is 6.47. The molecule has 0 aliphatic carbocycles. The zero-order chi connectivity index (χ0) is 21.1. The molecular weight excluding hydrogens is 420 g/mol. The summed E-state index contributed by atoms with van der Waals surface area (Å²) in [6, 6.07) is 19.8. The Balaban J connectivity index is 1.39. The Hall–Kier alpha value is -2.97. The van der Waals surface area contributed by atoms with E-state index in [0.717, 1.165) is 12.0 Å². The lowest BCUT2D eigenvalue weighted by Gasteiger charge is -2.15. The second-order valence-corrected chi connectivity index (χ2v) is 8.71. The highest BCUT2D eigenvalue weighted by molar-refractivity contribution is 8.24. The molecule has 30 heavy (non-hydrogen) atoms. The van der Waals surface area contributed by atoms with E-state index in [1.54, 1.807) is 17.0 Å². The first-order valence-corrected chi connectivity index (χ1v) is 10.7. The Labute approximate surface area is 183 Å². The second-order valence-electron chi connectivity index (χ2n) is 6.87. The van der Waals surface area contributed by atoms with Crippen LogP contribution in [0.4, 0.5) is 5.69 Å². The second kappa shape index (κ2) is 8.81. The third-order valence-electron chi connectivity index (χ3n) is 4.88. The molecule has 1 fully saturated rings. The van der Waals surface area contributed by atoms with Crippen molar-refractivity contribution in [2.45, 2.75) is 18.1 Å². The van der Waals surface area contributed by atoms with Crippen LogP contribution in [-0.2, 0) is 17.6 Å². The summed E-state index contributed by atoms with van der Waals surface area (Å²) in [5.41, 5.74) is 1.94. The lowest BCUT2D eigenvalue weighted by atomic mass is 10.1. The van der Waals surface area contributed by atoms with E-state index in [1.807, 2.05) is 42.5 Å². The quantitative estimate of drug-likeness (QED) is 0.298. The molecule has 0 saturated carbocycles. The molecular formula is C22H18N2O4S2. The third kappa shape index (κ3) is 4.44. The first-order valence-electron chi connectivity index (χ1n) is 9.41. The first kappa shape index (κ1) is 20.3. The Morgan fingerprint density at radius 3 is 2.50 bits per heavy atom. The molecule has 2 heterocycles. The van der Waals surface area contributed by atoms with Gasteiger partial charge in [0.05, 0.1) is 10.2 Å². The van der Waals surface area contributed by atoms with Crippen LogP contribution in [0.5, 0.6) is 0 Å². The number of nitrogens with zero attached hydrogens (tertiary/aromatic N) is 2. The number of carbonyl (C=O) groups is 1.